The topological polar surface area (TPSA) is 46.5 Å². The normalized spacial score (nSPS) is 10.7. The van der Waals surface area contributed by atoms with E-state index < -0.39 is 5.97 Å². The number of fused-ring (bicyclic) bond motifs is 1. The third-order valence-electron chi connectivity index (χ3n) is 3.01. The van der Waals surface area contributed by atoms with Gasteiger partial charge < -0.3 is 9.84 Å². The molecule has 0 unspecified atom stereocenters. The number of benzene rings is 2. The van der Waals surface area contributed by atoms with Gasteiger partial charge >= 0.3 is 5.97 Å². The van der Waals surface area contributed by atoms with E-state index in [-0.39, 0.29) is 11.4 Å². The molecule has 0 radical (unpaired) electrons. The lowest BCUT2D eigenvalue weighted by Crippen LogP contribution is -1.94. The van der Waals surface area contributed by atoms with Crippen molar-refractivity contribution in [1.82, 2.24) is 0 Å². The van der Waals surface area contributed by atoms with E-state index in [1.807, 2.05) is 6.07 Å². The number of carboxylic acids is 1. The number of carboxylic acid groups (broad SMARTS) is 1. The molecule has 0 bridgehead atoms. The predicted molar refractivity (Wildman–Crippen MR) is 79.5 cm³/mol. The molecule has 2 aromatic carbocycles. The second kappa shape index (κ2) is 5.54. The zero-order valence-electron chi connectivity index (χ0n) is 10.9. The Labute approximate surface area is 124 Å². The van der Waals surface area contributed by atoms with Gasteiger partial charge in [0.2, 0.25) is 0 Å². The molecule has 3 nitrogen and oxygen atoms in total. The van der Waals surface area contributed by atoms with Gasteiger partial charge in [0.05, 0.1) is 5.56 Å². The van der Waals surface area contributed by atoms with Crippen LogP contribution in [0.25, 0.3) is 10.1 Å². The number of carbonyl (C=O) groups is 1. The summed E-state index contributed by atoms with van der Waals surface area (Å²) in [5.41, 5.74) is 0.270. The SMILES string of the molecule is O=C(O)c1ccc2sc(COc3ccc(F)cc3)cc2c1. The van der Waals surface area contributed by atoms with Gasteiger partial charge in [0, 0.05) is 9.58 Å². The van der Waals surface area contributed by atoms with Gasteiger partial charge in [-0.2, -0.15) is 0 Å². The van der Waals surface area contributed by atoms with E-state index in [0.29, 0.717) is 12.4 Å². The molecule has 1 N–H and O–H groups in total. The van der Waals surface area contributed by atoms with Crippen LogP contribution in [0, 0.1) is 5.82 Å². The summed E-state index contributed by atoms with van der Waals surface area (Å²) in [5.74, 6) is -0.641. The molecule has 0 saturated heterocycles. The smallest absolute Gasteiger partial charge is 0.335 e. The number of hydrogen-bond acceptors (Lipinski definition) is 3. The van der Waals surface area contributed by atoms with E-state index >= 15 is 0 Å². The number of halogens is 1. The van der Waals surface area contributed by atoms with Crippen molar-refractivity contribution in [3.63, 3.8) is 0 Å². The first-order valence-corrected chi connectivity index (χ1v) is 7.07. The minimum Gasteiger partial charge on any atom is -0.488 e. The van der Waals surface area contributed by atoms with Crippen LogP contribution >= 0.6 is 11.3 Å². The highest BCUT2D eigenvalue weighted by Gasteiger charge is 2.07. The molecule has 1 heterocycles. The van der Waals surface area contributed by atoms with E-state index in [1.165, 1.54) is 12.1 Å². The van der Waals surface area contributed by atoms with Crippen molar-refractivity contribution < 1.29 is 19.0 Å². The van der Waals surface area contributed by atoms with Crippen molar-refractivity contribution >= 4 is 27.4 Å². The van der Waals surface area contributed by atoms with E-state index in [4.69, 9.17) is 9.84 Å². The minimum absolute atomic E-state index is 0.270. The minimum atomic E-state index is -0.938. The summed E-state index contributed by atoms with van der Waals surface area (Å²) in [5, 5.41) is 9.86. The van der Waals surface area contributed by atoms with Crippen LogP contribution in [0.1, 0.15) is 15.2 Å². The fourth-order valence-corrected chi connectivity index (χ4v) is 2.95. The molecule has 0 saturated carbocycles. The number of rotatable bonds is 4. The highest BCUT2D eigenvalue weighted by molar-refractivity contribution is 7.19. The van der Waals surface area contributed by atoms with Gasteiger partial charge in [0.1, 0.15) is 18.2 Å². The first-order valence-electron chi connectivity index (χ1n) is 6.26. The van der Waals surface area contributed by atoms with E-state index in [2.05, 4.69) is 0 Å². The van der Waals surface area contributed by atoms with Crippen LogP contribution < -0.4 is 4.74 Å². The number of aromatic carboxylic acids is 1. The fourth-order valence-electron chi connectivity index (χ4n) is 1.99. The average Bonchev–Trinajstić information content (AvgIpc) is 2.88. The second-order valence-corrected chi connectivity index (χ2v) is 5.68. The highest BCUT2D eigenvalue weighted by atomic mass is 32.1. The van der Waals surface area contributed by atoms with Gasteiger partial charge in [-0.05, 0) is 53.9 Å². The molecule has 0 atom stereocenters. The Balaban J connectivity index is 1.78. The van der Waals surface area contributed by atoms with Crippen LogP contribution in [0.2, 0.25) is 0 Å². The summed E-state index contributed by atoms with van der Waals surface area (Å²) in [6.07, 6.45) is 0. The Morgan fingerprint density at radius 2 is 1.90 bits per heavy atom. The van der Waals surface area contributed by atoms with Crippen LogP contribution in [0.3, 0.4) is 0 Å². The summed E-state index contributed by atoms with van der Waals surface area (Å²) in [4.78, 5) is 11.9. The molecule has 106 valence electrons. The van der Waals surface area contributed by atoms with Gasteiger partial charge in [0.25, 0.3) is 0 Å². The Morgan fingerprint density at radius 3 is 2.62 bits per heavy atom. The van der Waals surface area contributed by atoms with Gasteiger partial charge in [-0.25, -0.2) is 9.18 Å². The van der Waals surface area contributed by atoms with Crippen LogP contribution in [0.4, 0.5) is 4.39 Å². The molecule has 0 aliphatic carbocycles. The molecular weight excluding hydrogens is 291 g/mol. The molecule has 0 fully saturated rings. The molecule has 0 spiro atoms. The molecule has 21 heavy (non-hydrogen) atoms. The molecular formula is C16H11FO3S. The Kier molecular flexibility index (Phi) is 3.58. The van der Waals surface area contributed by atoms with Crippen LogP contribution in [-0.4, -0.2) is 11.1 Å². The standard InChI is InChI=1S/C16H11FO3S/c17-12-2-4-13(5-3-12)20-9-14-8-11-7-10(16(18)19)1-6-15(11)21-14/h1-8H,9H2,(H,18,19). The molecule has 3 rings (SSSR count). The monoisotopic (exact) mass is 302 g/mol. The summed E-state index contributed by atoms with van der Waals surface area (Å²) < 4.78 is 19.4. The summed E-state index contributed by atoms with van der Waals surface area (Å²) in [7, 11) is 0. The van der Waals surface area contributed by atoms with Crippen molar-refractivity contribution in [2.24, 2.45) is 0 Å². The number of thiophene rings is 1. The molecule has 0 amide bonds. The quantitative estimate of drug-likeness (QED) is 0.781. The third kappa shape index (κ3) is 3.03. The molecule has 1 aromatic heterocycles. The Hall–Kier alpha value is -2.40. The lowest BCUT2D eigenvalue weighted by molar-refractivity contribution is 0.0697. The van der Waals surface area contributed by atoms with Crippen LogP contribution in [0.15, 0.2) is 48.5 Å². The van der Waals surface area contributed by atoms with Gasteiger partial charge in [-0.15, -0.1) is 11.3 Å². The predicted octanol–water partition coefficient (Wildman–Crippen LogP) is 4.32. The fraction of sp³-hybridized carbons (Fsp3) is 0.0625. The number of ether oxygens (including phenoxy) is 1. The lowest BCUT2D eigenvalue weighted by Gasteiger charge is -2.03. The van der Waals surface area contributed by atoms with Crippen molar-refractivity contribution in [2.75, 3.05) is 0 Å². The maximum atomic E-state index is 12.8. The third-order valence-corrected chi connectivity index (χ3v) is 4.10. The second-order valence-electron chi connectivity index (χ2n) is 4.51. The summed E-state index contributed by atoms with van der Waals surface area (Å²) in [6, 6.07) is 12.8. The highest BCUT2D eigenvalue weighted by Crippen LogP contribution is 2.27. The largest absolute Gasteiger partial charge is 0.488 e. The average molecular weight is 302 g/mol. The maximum Gasteiger partial charge on any atom is 0.335 e. The van der Waals surface area contributed by atoms with E-state index in [0.717, 1.165) is 15.0 Å². The van der Waals surface area contributed by atoms with Crippen molar-refractivity contribution in [2.45, 2.75) is 6.61 Å². The zero-order valence-corrected chi connectivity index (χ0v) is 11.7. The first kappa shape index (κ1) is 13.6. The zero-order chi connectivity index (χ0) is 14.8. The van der Waals surface area contributed by atoms with Crippen molar-refractivity contribution in [3.8, 4) is 5.75 Å². The maximum absolute atomic E-state index is 12.8. The molecule has 0 aliphatic heterocycles. The number of hydrogen-bond donors (Lipinski definition) is 1. The summed E-state index contributed by atoms with van der Waals surface area (Å²) >= 11 is 1.55. The van der Waals surface area contributed by atoms with E-state index in [1.54, 1.807) is 41.7 Å². The molecule has 0 aliphatic rings. The Morgan fingerprint density at radius 1 is 1.14 bits per heavy atom. The van der Waals surface area contributed by atoms with Crippen molar-refractivity contribution in [1.29, 1.82) is 0 Å². The Bertz CT molecular complexity index is 793. The van der Waals surface area contributed by atoms with Crippen LogP contribution in [-0.2, 0) is 6.61 Å². The van der Waals surface area contributed by atoms with E-state index in [9.17, 15) is 9.18 Å². The van der Waals surface area contributed by atoms with Gasteiger partial charge in [-0.3, -0.25) is 0 Å². The van der Waals surface area contributed by atoms with Crippen molar-refractivity contribution in [3.05, 3.63) is 64.8 Å². The summed E-state index contributed by atoms with van der Waals surface area (Å²) in [6.45, 7) is 0.368. The van der Waals surface area contributed by atoms with Gasteiger partial charge in [0.15, 0.2) is 0 Å². The molecule has 3 aromatic rings. The lowest BCUT2D eigenvalue weighted by atomic mass is 10.1. The van der Waals surface area contributed by atoms with Crippen LogP contribution in [0.5, 0.6) is 5.75 Å². The molecule has 5 heteroatoms. The first-order chi connectivity index (χ1) is 10.1. The van der Waals surface area contributed by atoms with Gasteiger partial charge in [-0.1, -0.05) is 0 Å².